The topological polar surface area (TPSA) is 55.2 Å². The number of hydrogen-bond acceptors (Lipinski definition) is 4. The van der Waals surface area contributed by atoms with Crippen LogP contribution in [0.25, 0.3) is 10.9 Å². The van der Waals surface area contributed by atoms with Gasteiger partial charge in [0.2, 0.25) is 5.91 Å². The number of hydrogen-bond donors (Lipinski definition) is 0. The summed E-state index contributed by atoms with van der Waals surface area (Å²) in [5.74, 6) is 1.05. The van der Waals surface area contributed by atoms with E-state index in [4.69, 9.17) is 11.6 Å². The summed E-state index contributed by atoms with van der Waals surface area (Å²) >= 11 is 7.31. The highest BCUT2D eigenvalue weighted by Crippen LogP contribution is 2.22. The Morgan fingerprint density at radius 1 is 1.42 bits per heavy atom. The van der Waals surface area contributed by atoms with Crippen LogP contribution in [0.3, 0.4) is 0 Å². The van der Waals surface area contributed by atoms with Gasteiger partial charge in [0.05, 0.1) is 16.7 Å². The molecule has 0 atom stereocenters. The van der Waals surface area contributed by atoms with Gasteiger partial charge in [-0.1, -0.05) is 36.4 Å². The molecule has 138 valence electrons. The van der Waals surface area contributed by atoms with E-state index >= 15 is 0 Å². The van der Waals surface area contributed by atoms with Crippen LogP contribution in [0.15, 0.2) is 40.8 Å². The van der Waals surface area contributed by atoms with Gasteiger partial charge in [-0.25, -0.2) is 4.98 Å². The van der Waals surface area contributed by atoms with Crippen LogP contribution >= 0.6 is 23.4 Å². The van der Waals surface area contributed by atoms with Crippen LogP contribution in [0.2, 0.25) is 5.02 Å². The van der Waals surface area contributed by atoms with E-state index in [0.717, 1.165) is 25.9 Å². The van der Waals surface area contributed by atoms with Crippen LogP contribution in [-0.2, 0) is 11.3 Å². The van der Waals surface area contributed by atoms with E-state index in [1.165, 1.54) is 11.8 Å². The van der Waals surface area contributed by atoms with Gasteiger partial charge >= 0.3 is 0 Å². The van der Waals surface area contributed by atoms with Crippen LogP contribution in [-0.4, -0.2) is 39.2 Å². The summed E-state index contributed by atoms with van der Waals surface area (Å²) in [6.45, 7) is 7.89. The third kappa shape index (κ3) is 4.13. The third-order valence-electron chi connectivity index (χ3n) is 4.65. The summed E-state index contributed by atoms with van der Waals surface area (Å²) < 4.78 is 1.54. The predicted octanol–water partition coefficient (Wildman–Crippen LogP) is 3.59. The van der Waals surface area contributed by atoms with E-state index in [1.54, 1.807) is 28.8 Å². The molecule has 1 aromatic heterocycles. The summed E-state index contributed by atoms with van der Waals surface area (Å²) in [5.41, 5.74) is 0.417. The quantitative estimate of drug-likeness (QED) is 0.444. The Balaban J connectivity index is 1.83. The van der Waals surface area contributed by atoms with Gasteiger partial charge in [0.1, 0.15) is 0 Å². The fraction of sp³-hybridized carbons (Fsp3) is 0.421. The van der Waals surface area contributed by atoms with Crippen molar-refractivity contribution in [3.05, 3.63) is 46.2 Å². The summed E-state index contributed by atoms with van der Waals surface area (Å²) in [7, 11) is 0. The third-order valence-corrected chi connectivity index (χ3v) is 5.85. The van der Waals surface area contributed by atoms with Gasteiger partial charge in [0.25, 0.3) is 5.56 Å². The fourth-order valence-electron chi connectivity index (χ4n) is 3.05. The maximum absolute atomic E-state index is 12.8. The minimum atomic E-state index is -0.167. The Hall–Kier alpha value is -1.79. The van der Waals surface area contributed by atoms with Gasteiger partial charge in [0, 0.05) is 24.7 Å². The van der Waals surface area contributed by atoms with Crippen molar-refractivity contribution < 1.29 is 4.79 Å². The largest absolute Gasteiger partial charge is 0.342 e. The second-order valence-corrected chi connectivity index (χ2v) is 7.99. The molecule has 2 aromatic rings. The number of likely N-dealkylation sites (tertiary alicyclic amines) is 1. The number of rotatable bonds is 5. The first-order valence-electron chi connectivity index (χ1n) is 8.71. The molecule has 1 aromatic carbocycles. The first-order valence-corrected chi connectivity index (χ1v) is 10.1. The Bertz CT molecular complexity index is 888. The van der Waals surface area contributed by atoms with Crippen LogP contribution in [0.4, 0.5) is 0 Å². The van der Waals surface area contributed by atoms with E-state index in [2.05, 4.69) is 18.5 Å². The van der Waals surface area contributed by atoms with E-state index in [9.17, 15) is 9.59 Å². The highest BCUT2D eigenvalue weighted by atomic mass is 35.5. The molecule has 2 heterocycles. The molecule has 7 heteroatoms. The first kappa shape index (κ1) is 19.0. The summed E-state index contributed by atoms with van der Waals surface area (Å²) in [6, 6.07) is 5.07. The van der Waals surface area contributed by atoms with E-state index < -0.39 is 0 Å². The van der Waals surface area contributed by atoms with Crippen molar-refractivity contribution in [3.63, 3.8) is 0 Å². The zero-order chi connectivity index (χ0) is 18.7. The molecule has 0 unspecified atom stereocenters. The molecule has 0 N–H and O–H groups in total. The normalized spacial score (nSPS) is 15.4. The van der Waals surface area contributed by atoms with Crippen molar-refractivity contribution in [3.8, 4) is 0 Å². The van der Waals surface area contributed by atoms with E-state index in [-0.39, 0.29) is 17.2 Å². The zero-order valence-corrected chi connectivity index (χ0v) is 16.4. The van der Waals surface area contributed by atoms with Crippen LogP contribution in [0, 0.1) is 5.92 Å². The lowest BCUT2D eigenvalue weighted by atomic mass is 9.99. The molecule has 1 saturated heterocycles. The number of carbonyl (C=O) groups excluding carboxylic acids is 1. The standard InChI is InChI=1S/C19H22ClN3O2S/c1-3-8-23-18(25)15-11-14(20)4-5-16(15)21-19(23)26-12-17(24)22-9-6-13(2)7-10-22/h3-5,11,13H,1,6-10,12H2,2H3. The highest BCUT2D eigenvalue weighted by molar-refractivity contribution is 7.99. The number of allylic oxidation sites excluding steroid dienone is 1. The molecular formula is C19H22ClN3O2S. The minimum absolute atomic E-state index is 0.0949. The summed E-state index contributed by atoms with van der Waals surface area (Å²) in [6.07, 6.45) is 3.75. The summed E-state index contributed by atoms with van der Waals surface area (Å²) in [4.78, 5) is 31.8. The molecule has 5 nitrogen and oxygen atoms in total. The van der Waals surface area contributed by atoms with Gasteiger partial charge in [0.15, 0.2) is 5.16 Å². The van der Waals surface area contributed by atoms with Crippen molar-refractivity contribution in [2.24, 2.45) is 5.92 Å². The van der Waals surface area contributed by atoms with Gasteiger partial charge in [-0.05, 0) is 37.0 Å². The Morgan fingerprint density at radius 3 is 2.85 bits per heavy atom. The molecule has 0 aliphatic carbocycles. The number of halogens is 1. The van der Waals surface area contributed by atoms with Crippen molar-refractivity contribution in [1.82, 2.24) is 14.5 Å². The molecular weight excluding hydrogens is 370 g/mol. The second kappa shape index (κ2) is 8.27. The molecule has 0 saturated carbocycles. The van der Waals surface area contributed by atoms with Crippen LogP contribution in [0.1, 0.15) is 19.8 Å². The van der Waals surface area contributed by atoms with Crippen molar-refractivity contribution in [1.29, 1.82) is 0 Å². The molecule has 1 fully saturated rings. The molecule has 0 spiro atoms. The minimum Gasteiger partial charge on any atom is -0.342 e. The van der Waals surface area contributed by atoms with Gasteiger partial charge in [-0.2, -0.15) is 0 Å². The van der Waals surface area contributed by atoms with Gasteiger partial charge in [-0.15, -0.1) is 6.58 Å². The number of nitrogens with zero attached hydrogens (tertiary/aromatic N) is 3. The molecule has 26 heavy (non-hydrogen) atoms. The second-order valence-electron chi connectivity index (χ2n) is 6.61. The van der Waals surface area contributed by atoms with Crippen molar-refractivity contribution in [2.45, 2.75) is 31.5 Å². The Kier molecular flexibility index (Phi) is 6.04. The maximum atomic E-state index is 12.8. The lowest BCUT2D eigenvalue weighted by Gasteiger charge is -2.30. The lowest BCUT2D eigenvalue weighted by molar-refractivity contribution is -0.129. The fourth-order valence-corrected chi connectivity index (χ4v) is 4.13. The predicted molar refractivity (Wildman–Crippen MR) is 107 cm³/mol. The van der Waals surface area contributed by atoms with Crippen LogP contribution < -0.4 is 5.56 Å². The number of thioether (sulfide) groups is 1. The average Bonchev–Trinajstić information content (AvgIpc) is 2.63. The average molecular weight is 392 g/mol. The molecule has 3 rings (SSSR count). The van der Waals surface area contributed by atoms with Crippen molar-refractivity contribution >= 4 is 40.2 Å². The monoisotopic (exact) mass is 391 g/mol. The van der Waals surface area contributed by atoms with E-state index in [0.29, 0.717) is 33.5 Å². The number of aromatic nitrogens is 2. The summed E-state index contributed by atoms with van der Waals surface area (Å²) in [5, 5.41) is 1.50. The maximum Gasteiger partial charge on any atom is 0.262 e. The molecule has 0 bridgehead atoms. The van der Waals surface area contributed by atoms with Crippen LogP contribution in [0.5, 0.6) is 0 Å². The number of carbonyl (C=O) groups is 1. The number of fused-ring (bicyclic) bond motifs is 1. The van der Waals surface area contributed by atoms with Gasteiger partial charge < -0.3 is 4.90 Å². The van der Waals surface area contributed by atoms with Crippen molar-refractivity contribution in [2.75, 3.05) is 18.8 Å². The zero-order valence-electron chi connectivity index (χ0n) is 14.8. The van der Waals surface area contributed by atoms with E-state index in [1.807, 2.05) is 4.90 Å². The Morgan fingerprint density at radius 2 is 2.15 bits per heavy atom. The van der Waals surface area contributed by atoms with Gasteiger partial charge in [-0.3, -0.25) is 14.2 Å². The molecule has 1 aliphatic rings. The SMILES string of the molecule is C=CCn1c(SCC(=O)N2CCC(C)CC2)nc2ccc(Cl)cc2c1=O. The lowest BCUT2D eigenvalue weighted by Crippen LogP contribution is -2.39. The first-order chi connectivity index (χ1) is 12.5. The number of piperidine rings is 1. The molecule has 1 aliphatic heterocycles. The number of amides is 1. The highest BCUT2D eigenvalue weighted by Gasteiger charge is 2.21. The molecule has 1 amide bonds. The number of benzene rings is 1. The Labute approximate surface area is 162 Å². The molecule has 0 radical (unpaired) electrons. The smallest absolute Gasteiger partial charge is 0.262 e.